The first-order valence-corrected chi connectivity index (χ1v) is 8.47. The molecule has 0 bridgehead atoms. The van der Waals surface area contributed by atoms with Crippen LogP contribution in [0.5, 0.6) is 0 Å². The number of H-pyrrole nitrogens is 1. The molecule has 2 amide bonds. The minimum absolute atomic E-state index is 0.117. The van der Waals surface area contributed by atoms with Crippen molar-refractivity contribution < 1.29 is 9.59 Å². The van der Waals surface area contributed by atoms with Gasteiger partial charge in [-0.2, -0.15) is 0 Å². The number of aromatic amines is 1. The summed E-state index contributed by atoms with van der Waals surface area (Å²) in [6.07, 6.45) is 2.42. The quantitative estimate of drug-likeness (QED) is 0.724. The van der Waals surface area contributed by atoms with E-state index in [2.05, 4.69) is 34.8 Å². The summed E-state index contributed by atoms with van der Waals surface area (Å²) in [5, 5.41) is 4.10. The summed E-state index contributed by atoms with van der Waals surface area (Å²) in [5.41, 5.74) is 10.7. The van der Waals surface area contributed by atoms with Crippen molar-refractivity contribution in [3.63, 3.8) is 0 Å². The van der Waals surface area contributed by atoms with Gasteiger partial charge in [0.1, 0.15) is 0 Å². The molecule has 1 aromatic carbocycles. The number of aromatic nitrogens is 1. The van der Waals surface area contributed by atoms with Crippen molar-refractivity contribution in [2.75, 3.05) is 18.0 Å². The van der Waals surface area contributed by atoms with Gasteiger partial charge < -0.3 is 20.9 Å². The lowest BCUT2D eigenvalue weighted by atomic mass is 10.0. The number of aryl methyl sites for hydroxylation is 2. The van der Waals surface area contributed by atoms with Crippen LogP contribution in [0, 0.1) is 13.8 Å². The lowest BCUT2D eigenvalue weighted by Crippen LogP contribution is -2.36. The molecule has 1 saturated heterocycles. The van der Waals surface area contributed by atoms with Crippen molar-refractivity contribution in [3.8, 4) is 0 Å². The second-order valence-electron chi connectivity index (χ2n) is 6.66. The summed E-state index contributed by atoms with van der Waals surface area (Å²) in [7, 11) is 0. The molecule has 0 spiro atoms. The van der Waals surface area contributed by atoms with Crippen LogP contribution in [0.1, 0.15) is 23.2 Å². The Hall–Kier alpha value is -2.76. The Morgan fingerprint density at radius 2 is 2.20 bits per heavy atom. The molecule has 1 aliphatic heterocycles. The van der Waals surface area contributed by atoms with Gasteiger partial charge >= 0.3 is 0 Å². The van der Waals surface area contributed by atoms with Crippen molar-refractivity contribution in [2.45, 2.75) is 32.7 Å². The van der Waals surface area contributed by atoms with Crippen LogP contribution in [0.2, 0.25) is 0 Å². The third-order valence-corrected chi connectivity index (χ3v) is 4.95. The van der Waals surface area contributed by atoms with E-state index in [0.29, 0.717) is 0 Å². The monoisotopic (exact) mass is 340 g/mol. The number of primary amides is 1. The van der Waals surface area contributed by atoms with Crippen molar-refractivity contribution >= 4 is 28.4 Å². The molecule has 2 heterocycles. The van der Waals surface area contributed by atoms with Gasteiger partial charge in [0.2, 0.25) is 11.8 Å². The second kappa shape index (κ2) is 6.63. The zero-order valence-electron chi connectivity index (χ0n) is 14.7. The number of hydrogen-bond acceptors (Lipinski definition) is 3. The van der Waals surface area contributed by atoms with Crippen molar-refractivity contribution in [1.82, 2.24) is 10.3 Å². The predicted molar refractivity (Wildman–Crippen MR) is 99.6 cm³/mol. The fourth-order valence-electron chi connectivity index (χ4n) is 3.58. The molecule has 25 heavy (non-hydrogen) atoms. The molecule has 1 aliphatic rings. The Morgan fingerprint density at radius 3 is 2.88 bits per heavy atom. The minimum Gasteiger partial charge on any atom is -0.369 e. The Morgan fingerprint density at radius 1 is 1.44 bits per heavy atom. The molecule has 1 unspecified atom stereocenters. The average molecular weight is 340 g/mol. The first-order chi connectivity index (χ1) is 11.9. The molecule has 1 fully saturated rings. The predicted octanol–water partition coefficient (Wildman–Crippen LogP) is 1.69. The molecule has 3 rings (SSSR count). The fraction of sp³-hybridized carbons (Fsp3) is 0.368. The average Bonchev–Trinajstić information content (AvgIpc) is 3.13. The maximum absolute atomic E-state index is 11.5. The summed E-state index contributed by atoms with van der Waals surface area (Å²) in [5.74, 6) is -0.477. The zero-order chi connectivity index (χ0) is 18.1. The van der Waals surface area contributed by atoms with Gasteiger partial charge in [-0.25, -0.2) is 0 Å². The van der Waals surface area contributed by atoms with Gasteiger partial charge in [0, 0.05) is 35.9 Å². The second-order valence-corrected chi connectivity index (χ2v) is 6.66. The standard InChI is InChI=1S/C19H24N4O2/c1-4-17(25)22-14-7-8-23(10-14)15-6-5-13(9-16(20)24)19-18(15)11(2)12(3)21-19/h4-6,14,21H,1,7-10H2,2-3H3,(H2,20,24)(H,22,25). The summed E-state index contributed by atoms with van der Waals surface area (Å²) in [4.78, 5) is 28.6. The number of rotatable bonds is 5. The van der Waals surface area contributed by atoms with Crippen LogP contribution in [0.25, 0.3) is 10.9 Å². The van der Waals surface area contributed by atoms with Gasteiger partial charge in [-0.15, -0.1) is 0 Å². The number of hydrogen-bond donors (Lipinski definition) is 3. The maximum atomic E-state index is 11.5. The van der Waals surface area contributed by atoms with E-state index in [1.54, 1.807) is 0 Å². The number of amides is 2. The summed E-state index contributed by atoms with van der Waals surface area (Å²) < 4.78 is 0. The Balaban J connectivity index is 1.96. The molecule has 0 saturated carbocycles. The summed E-state index contributed by atoms with van der Waals surface area (Å²) in [6, 6.07) is 4.14. The number of nitrogens with one attached hydrogen (secondary N) is 2. The van der Waals surface area contributed by atoms with Crippen LogP contribution < -0.4 is 16.0 Å². The molecule has 1 atom stereocenters. The van der Waals surface area contributed by atoms with E-state index in [4.69, 9.17) is 5.73 Å². The lowest BCUT2D eigenvalue weighted by molar-refractivity contribution is -0.118. The largest absolute Gasteiger partial charge is 0.369 e. The number of carbonyl (C=O) groups excluding carboxylic acids is 2. The fourth-order valence-corrected chi connectivity index (χ4v) is 3.58. The molecule has 0 aliphatic carbocycles. The van der Waals surface area contributed by atoms with E-state index >= 15 is 0 Å². The topological polar surface area (TPSA) is 91.2 Å². The number of fused-ring (bicyclic) bond motifs is 1. The van der Waals surface area contributed by atoms with Crippen LogP contribution in [-0.4, -0.2) is 35.9 Å². The van der Waals surface area contributed by atoms with Gasteiger partial charge in [-0.1, -0.05) is 12.6 Å². The molecule has 6 heteroatoms. The van der Waals surface area contributed by atoms with Crippen LogP contribution in [0.4, 0.5) is 5.69 Å². The highest BCUT2D eigenvalue weighted by Crippen LogP contribution is 2.35. The smallest absolute Gasteiger partial charge is 0.243 e. The van der Waals surface area contributed by atoms with E-state index in [1.165, 1.54) is 11.6 Å². The number of nitrogens with two attached hydrogens (primary N) is 1. The Labute approximate surface area is 147 Å². The van der Waals surface area contributed by atoms with Gasteiger partial charge in [0.05, 0.1) is 11.9 Å². The van der Waals surface area contributed by atoms with Gasteiger partial charge in [-0.05, 0) is 43.5 Å². The Bertz CT molecular complexity index is 853. The molecule has 0 radical (unpaired) electrons. The summed E-state index contributed by atoms with van der Waals surface area (Å²) >= 11 is 0. The number of carbonyl (C=O) groups is 2. The highest BCUT2D eigenvalue weighted by molar-refractivity contribution is 5.99. The van der Waals surface area contributed by atoms with E-state index in [9.17, 15) is 9.59 Å². The number of anilines is 1. The Kier molecular flexibility index (Phi) is 4.53. The van der Waals surface area contributed by atoms with Crippen LogP contribution in [0.15, 0.2) is 24.8 Å². The van der Waals surface area contributed by atoms with Crippen molar-refractivity contribution in [2.24, 2.45) is 5.73 Å². The molecule has 132 valence electrons. The first-order valence-electron chi connectivity index (χ1n) is 8.47. The van der Waals surface area contributed by atoms with Crippen LogP contribution in [-0.2, 0) is 16.0 Å². The molecular weight excluding hydrogens is 316 g/mol. The highest BCUT2D eigenvalue weighted by atomic mass is 16.1. The highest BCUT2D eigenvalue weighted by Gasteiger charge is 2.26. The molecule has 2 aromatic rings. The minimum atomic E-state index is -0.340. The third-order valence-electron chi connectivity index (χ3n) is 4.95. The van der Waals surface area contributed by atoms with Gasteiger partial charge in [0.25, 0.3) is 0 Å². The van der Waals surface area contributed by atoms with Gasteiger partial charge in [0.15, 0.2) is 0 Å². The normalized spacial score (nSPS) is 17.0. The number of benzene rings is 1. The summed E-state index contributed by atoms with van der Waals surface area (Å²) in [6.45, 7) is 9.24. The molecular formula is C19H24N4O2. The molecule has 6 nitrogen and oxygen atoms in total. The maximum Gasteiger partial charge on any atom is 0.243 e. The van der Waals surface area contributed by atoms with Crippen molar-refractivity contribution in [1.29, 1.82) is 0 Å². The first kappa shape index (κ1) is 17.1. The van der Waals surface area contributed by atoms with Gasteiger partial charge in [-0.3, -0.25) is 9.59 Å². The van der Waals surface area contributed by atoms with Crippen LogP contribution in [0.3, 0.4) is 0 Å². The van der Waals surface area contributed by atoms with Crippen molar-refractivity contribution in [3.05, 3.63) is 41.6 Å². The molecule has 4 N–H and O–H groups in total. The zero-order valence-corrected chi connectivity index (χ0v) is 14.7. The third kappa shape index (κ3) is 3.24. The number of nitrogens with zero attached hydrogens (tertiary/aromatic N) is 1. The van der Waals surface area contributed by atoms with E-state index in [-0.39, 0.29) is 24.3 Å². The van der Waals surface area contributed by atoms with E-state index in [1.807, 2.05) is 13.0 Å². The van der Waals surface area contributed by atoms with Crippen LogP contribution >= 0.6 is 0 Å². The van der Waals surface area contributed by atoms with E-state index in [0.717, 1.165) is 47.4 Å². The molecule has 1 aromatic heterocycles. The van der Waals surface area contributed by atoms with E-state index < -0.39 is 0 Å². The lowest BCUT2D eigenvalue weighted by Gasteiger charge is -2.21. The SMILES string of the molecule is C=CC(=O)NC1CCN(c2ccc(CC(N)=O)c3[nH]c(C)c(C)c23)C1.